The van der Waals surface area contributed by atoms with E-state index in [1.165, 1.54) is 32.4 Å². The molecule has 0 spiro atoms. The van der Waals surface area contributed by atoms with Gasteiger partial charge in [0.25, 0.3) is 5.56 Å². The molecule has 1 aromatic carbocycles. The van der Waals surface area contributed by atoms with Crippen LogP contribution in [0.15, 0.2) is 40.2 Å². The number of hydrogen-bond donors (Lipinski definition) is 0. The molecule has 3 heterocycles. The van der Waals surface area contributed by atoms with Gasteiger partial charge in [0, 0.05) is 38.4 Å². The van der Waals surface area contributed by atoms with Crippen molar-refractivity contribution in [3.05, 3.63) is 51.9 Å². The molecule has 142 valence electrons. The fraction of sp³-hybridized carbons (Fsp3) is 0.353. The number of aromatic nitrogens is 3. The van der Waals surface area contributed by atoms with Crippen molar-refractivity contribution in [2.24, 2.45) is 0 Å². The second kappa shape index (κ2) is 6.70. The minimum absolute atomic E-state index is 0.224. The van der Waals surface area contributed by atoms with Gasteiger partial charge in [0.05, 0.1) is 4.90 Å². The van der Waals surface area contributed by atoms with Gasteiger partial charge in [-0.1, -0.05) is 29.0 Å². The number of aryl methyl sites for hydroxylation is 2. The zero-order valence-electron chi connectivity index (χ0n) is 15.0. The molecular weight excluding hydrogens is 386 g/mol. The molecule has 1 saturated heterocycles. The fourth-order valence-electron chi connectivity index (χ4n) is 3.21. The van der Waals surface area contributed by atoms with E-state index < -0.39 is 10.0 Å². The Kier molecular flexibility index (Phi) is 4.49. The predicted octanol–water partition coefficient (Wildman–Crippen LogP) is 1.28. The average molecular weight is 406 g/mol. The number of hydrogen-bond acceptors (Lipinski definition) is 7. The van der Waals surface area contributed by atoms with E-state index in [2.05, 4.69) is 10.1 Å². The Labute approximate surface area is 160 Å². The van der Waals surface area contributed by atoms with Crippen LogP contribution in [0.4, 0.5) is 5.13 Å². The number of rotatable bonds is 3. The molecule has 0 N–H and O–H groups in total. The lowest BCUT2D eigenvalue weighted by atomic mass is 10.2. The topological polar surface area (TPSA) is 87.9 Å². The maximum Gasteiger partial charge on any atom is 0.275 e. The van der Waals surface area contributed by atoms with Gasteiger partial charge in [-0.15, -0.1) is 5.10 Å². The van der Waals surface area contributed by atoms with Crippen LogP contribution in [0.25, 0.3) is 4.96 Å². The van der Waals surface area contributed by atoms with Gasteiger partial charge < -0.3 is 4.90 Å². The summed E-state index contributed by atoms with van der Waals surface area (Å²) in [6.45, 7) is 5.53. The van der Waals surface area contributed by atoms with E-state index in [4.69, 9.17) is 0 Å². The SMILES string of the molecule is Cc1ccc(S(=O)(=O)N2CCN(c3nn4c(=O)ccnc4s3)CC2)c(C)c1. The Morgan fingerprint density at radius 2 is 1.81 bits per heavy atom. The first-order valence-corrected chi connectivity index (χ1v) is 10.8. The second-order valence-electron chi connectivity index (χ2n) is 6.52. The summed E-state index contributed by atoms with van der Waals surface area (Å²) >= 11 is 1.33. The van der Waals surface area contributed by atoms with Crippen LogP contribution >= 0.6 is 11.3 Å². The molecule has 8 nitrogen and oxygen atoms in total. The van der Waals surface area contributed by atoms with Crippen molar-refractivity contribution in [2.45, 2.75) is 18.7 Å². The molecule has 0 saturated carbocycles. The summed E-state index contributed by atoms with van der Waals surface area (Å²) in [5.74, 6) is 0. The summed E-state index contributed by atoms with van der Waals surface area (Å²) in [6, 6.07) is 6.75. The lowest BCUT2D eigenvalue weighted by molar-refractivity contribution is 0.384. The number of anilines is 1. The molecule has 27 heavy (non-hydrogen) atoms. The molecule has 4 rings (SSSR count). The van der Waals surface area contributed by atoms with Crippen LogP contribution in [0.5, 0.6) is 0 Å². The largest absolute Gasteiger partial charge is 0.344 e. The Bertz CT molecular complexity index is 1160. The van der Waals surface area contributed by atoms with Gasteiger partial charge in [-0.05, 0) is 25.5 Å². The molecule has 0 aliphatic carbocycles. The summed E-state index contributed by atoms with van der Waals surface area (Å²) in [5.41, 5.74) is 1.57. The van der Waals surface area contributed by atoms with E-state index in [1.807, 2.05) is 30.9 Å². The molecule has 0 unspecified atom stereocenters. The van der Waals surface area contributed by atoms with E-state index in [0.717, 1.165) is 11.1 Å². The Hall–Kier alpha value is -2.30. The Morgan fingerprint density at radius 1 is 1.07 bits per heavy atom. The van der Waals surface area contributed by atoms with E-state index in [9.17, 15) is 13.2 Å². The highest BCUT2D eigenvalue weighted by atomic mass is 32.2. The molecular formula is C17H19N5O3S2. The van der Waals surface area contributed by atoms with E-state index in [1.54, 1.807) is 6.07 Å². The van der Waals surface area contributed by atoms with Crippen molar-refractivity contribution in [1.82, 2.24) is 18.9 Å². The van der Waals surface area contributed by atoms with Gasteiger partial charge in [-0.25, -0.2) is 13.4 Å². The van der Waals surface area contributed by atoms with Crippen molar-refractivity contribution in [1.29, 1.82) is 0 Å². The third-order valence-corrected chi connectivity index (χ3v) is 7.66. The maximum atomic E-state index is 13.0. The second-order valence-corrected chi connectivity index (χ2v) is 9.36. The van der Waals surface area contributed by atoms with Crippen LogP contribution < -0.4 is 10.5 Å². The quantitative estimate of drug-likeness (QED) is 0.652. The fourth-order valence-corrected chi connectivity index (χ4v) is 5.77. The highest BCUT2D eigenvalue weighted by Crippen LogP contribution is 2.25. The van der Waals surface area contributed by atoms with Crippen molar-refractivity contribution in [3.8, 4) is 0 Å². The van der Waals surface area contributed by atoms with Crippen molar-refractivity contribution in [3.63, 3.8) is 0 Å². The summed E-state index contributed by atoms with van der Waals surface area (Å²) in [6.07, 6.45) is 1.47. The first-order valence-electron chi connectivity index (χ1n) is 8.53. The van der Waals surface area contributed by atoms with Crippen LogP contribution in [0.3, 0.4) is 0 Å². The van der Waals surface area contributed by atoms with Crippen LogP contribution in [-0.2, 0) is 10.0 Å². The molecule has 1 fully saturated rings. The minimum Gasteiger partial charge on any atom is -0.344 e. The van der Waals surface area contributed by atoms with Gasteiger partial charge >= 0.3 is 0 Å². The highest BCUT2D eigenvalue weighted by molar-refractivity contribution is 7.89. The number of sulfonamides is 1. The van der Waals surface area contributed by atoms with Gasteiger partial charge in [0.1, 0.15) is 0 Å². The smallest absolute Gasteiger partial charge is 0.275 e. The zero-order valence-corrected chi connectivity index (χ0v) is 16.6. The van der Waals surface area contributed by atoms with Gasteiger partial charge in [-0.3, -0.25) is 4.79 Å². The number of fused-ring (bicyclic) bond motifs is 1. The van der Waals surface area contributed by atoms with Gasteiger partial charge in [0.2, 0.25) is 20.1 Å². The molecule has 1 aliphatic heterocycles. The molecule has 0 amide bonds. The summed E-state index contributed by atoms with van der Waals surface area (Å²) < 4.78 is 28.8. The van der Waals surface area contributed by atoms with Crippen molar-refractivity contribution >= 4 is 31.5 Å². The zero-order chi connectivity index (χ0) is 19.2. The molecule has 2 aromatic heterocycles. The number of benzene rings is 1. The van der Waals surface area contributed by atoms with Crippen molar-refractivity contribution in [2.75, 3.05) is 31.1 Å². The van der Waals surface area contributed by atoms with Crippen LogP contribution in [0, 0.1) is 13.8 Å². The molecule has 0 radical (unpaired) electrons. The predicted molar refractivity (Wildman–Crippen MR) is 104 cm³/mol. The number of nitrogens with zero attached hydrogens (tertiary/aromatic N) is 5. The third-order valence-electron chi connectivity index (χ3n) is 4.62. The first-order chi connectivity index (χ1) is 12.9. The molecule has 10 heteroatoms. The summed E-state index contributed by atoms with van der Waals surface area (Å²) in [4.78, 5) is 18.9. The van der Waals surface area contributed by atoms with E-state index in [-0.39, 0.29) is 5.56 Å². The van der Waals surface area contributed by atoms with Crippen molar-refractivity contribution < 1.29 is 8.42 Å². The molecule has 0 bridgehead atoms. The molecule has 3 aromatic rings. The van der Waals surface area contributed by atoms with Gasteiger partial charge in [0.15, 0.2) is 0 Å². The summed E-state index contributed by atoms with van der Waals surface area (Å²) in [5, 5.41) is 5.00. The minimum atomic E-state index is -3.52. The Morgan fingerprint density at radius 3 is 2.48 bits per heavy atom. The number of piperazine rings is 1. The van der Waals surface area contributed by atoms with Crippen LogP contribution in [0.2, 0.25) is 0 Å². The maximum absolute atomic E-state index is 13.0. The monoisotopic (exact) mass is 405 g/mol. The first kappa shape index (κ1) is 18.1. The van der Waals surface area contributed by atoms with Crippen LogP contribution in [-0.4, -0.2) is 53.5 Å². The Balaban J connectivity index is 1.54. The molecule has 1 aliphatic rings. The average Bonchev–Trinajstić information content (AvgIpc) is 3.07. The van der Waals surface area contributed by atoms with Crippen LogP contribution in [0.1, 0.15) is 11.1 Å². The molecule has 0 atom stereocenters. The van der Waals surface area contributed by atoms with E-state index >= 15 is 0 Å². The normalized spacial score (nSPS) is 16.1. The lowest BCUT2D eigenvalue weighted by Gasteiger charge is -2.33. The van der Waals surface area contributed by atoms with E-state index in [0.29, 0.717) is 41.2 Å². The summed E-state index contributed by atoms with van der Waals surface area (Å²) in [7, 11) is -3.52. The lowest BCUT2D eigenvalue weighted by Crippen LogP contribution is -2.48. The highest BCUT2D eigenvalue weighted by Gasteiger charge is 2.30. The van der Waals surface area contributed by atoms with Gasteiger partial charge in [-0.2, -0.15) is 8.82 Å². The third kappa shape index (κ3) is 3.24. The standard InChI is InChI=1S/C17H19N5O3S2/c1-12-3-4-14(13(2)11-12)27(24,25)21-9-7-20(8-10-21)17-19-22-15(23)5-6-18-16(22)26-17/h3-6,11H,7-10H2,1-2H3.